The zero-order valence-electron chi connectivity index (χ0n) is 15.7. The normalized spacial score (nSPS) is 19.2. The van der Waals surface area contributed by atoms with Crippen molar-refractivity contribution in [2.45, 2.75) is 45.7 Å². The number of amides is 2. The zero-order valence-corrected chi connectivity index (χ0v) is 15.7. The van der Waals surface area contributed by atoms with Gasteiger partial charge in [-0.15, -0.1) is 0 Å². The Morgan fingerprint density at radius 2 is 1.85 bits per heavy atom. The molecule has 4 heteroatoms. The number of carbonyl (C=O) groups is 2. The summed E-state index contributed by atoms with van der Waals surface area (Å²) in [5.41, 5.74) is 3.02. The summed E-state index contributed by atoms with van der Waals surface area (Å²) in [6.07, 6.45) is 1.35. The molecule has 2 aromatic carbocycles. The zero-order chi connectivity index (χ0) is 18.7. The van der Waals surface area contributed by atoms with Crippen LogP contribution in [-0.4, -0.2) is 28.8 Å². The molecule has 0 unspecified atom stereocenters. The lowest BCUT2D eigenvalue weighted by atomic mass is 9.82. The van der Waals surface area contributed by atoms with E-state index in [1.807, 2.05) is 69.3 Å². The number of benzene rings is 2. The van der Waals surface area contributed by atoms with Crippen molar-refractivity contribution < 1.29 is 9.59 Å². The second kappa shape index (κ2) is 7.32. The van der Waals surface area contributed by atoms with Gasteiger partial charge in [0.05, 0.1) is 0 Å². The molecule has 0 saturated carbocycles. The average molecular weight is 350 g/mol. The molecule has 1 heterocycles. The van der Waals surface area contributed by atoms with Crippen LogP contribution in [0.25, 0.3) is 0 Å². The minimum absolute atomic E-state index is 0.0535. The van der Waals surface area contributed by atoms with E-state index in [2.05, 4.69) is 5.32 Å². The van der Waals surface area contributed by atoms with Gasteiger partial charge in [-0.1, -0.05) is 49.4 Å². The number of nitrogens with one attached hydrogen (secondary N) is 1. The highest BCUT2D eigenvalue weighted by Crippen LogP contribution is 2.31. The van der Waals surface area contributed by atoms with Crippen molar-refractivity contribution in [2.24, 2.45) is 0 Å². The Morgan fingerprint density at radius 3 is 2.58 bits per heavy atom. The quantitative estimate of drug-likeness (QED) is 0.897. The minimum Gasteiger partial charge on any atom is -0.350 e. The predicted molar refractivity (Wildman–Crippen MR) is 103 cm³/mol. The number of fused-ring (bicyclic) bond motifs is 1. The number of nitrogens with zero attached hydrogens (tertiary/aromatic N) is 1. The van der Waals surface area contributed by atoms with E-state index >= 15 is 0 Å². The van der Waals surface area contributed by atoms with Gasteiger partial charge in [-0.25, -0.2) is 0 Å². The SMILES string of the molecule is CCCN1C(=O)c2ccccc2C[C@]1(C)C(=O)NCc1ccccc1C. The summed E-state index contributed by atoms with van der Waals surface area (Å²) in [6, 6.07) is 15.6. The summed E-state index contributed by atoms with van der Waals surface area (Å²) in [6.45, 7) is 6.98. The fourth-order valence-corrected chi connectivity index (χ4v) is 3.67. The summed E-state index contributed by atoms with van der Waals surface area (Å²) in [5, 5.41) is 3.06. The molecule has 1 aliphatic rings. The lowest BCUT2D eigenvalue weighted by molar-refractivity contribution is -0.131. The van der Waals surface area contributed by atoms with Gasteiger partial charge in [0.1, 0.15) is 5.54 Å². The van der Waals surface area contributed by atoms with Crippen LogP contribution in [-0.2, 0) is 17.8 Å². The van der Waals surface area contributed by atoms with Crippen molar-refractivity contribution in [3.63, 3.8) is 0 Å². The molecule has 0 fully saturated rings. The molecule has 0 bridgehead atoms. The first-order valence-corrected chi connectivity index (χ1v) is 9.20. The molecular weight excluding hydrogens is 324 g/mol. The van der Waals surface area contributed by atoms with Crippen LogP contribution in [0.2, 0.25) is 0 Å². The van der Waals surface area contributed by atoms with Crippen LogP contribution in [0.15, 0.2) is 48.5 Å². The van der Waals surface area contributed by atoms with E-state index in [-0.39, 0.29) is 11.8 Å². The van der Waals surface area contributed by atoms with Crippen molar-refractivity contribution >= 4 is 11.8 Å². The van der Waals surface area contributed by atoms with Gasteiger partial charge in [0.2, 0.25) is 5.91 Å². The molecule has 1 aliphatic heterocycles. The van der Waals surface area contributed by atoms with E-state index in [9.17, 15) is 9.59 Å². The van der Waals surface area contributed by atoms with Gasteiger partial charge in [-0.05, 0) is 43.0 Å². The van der Waals surface area contributed by atoms with Gasteiger partial charge < -0.3 is 10.2 Å². The van der Waals surface area contributed by atoms with Crippen molar-refractivity contribution in [3.8, 4) is 0 Å². The van der Waals surface area contributed by atoms with Gasteiger partial charge in [0.25, 0.3) is 5.91 Å². The summed E-state index contributed by atoms with van der Waals surface area (Å²) in [7, 11) is 0. The molecule has 26 heavy (non-hydrogen) atoms. The molecule has 0 spiro atoms. The summed E-state index contributed by atoms with van der Waals surface area (Å²) < 4.78 is 0. The highest BCUT2D eigenvalue weighted by Gasteiger charge is 2.46. The molecule has 2 amide bonds. The second-order valence-electron chi connectivity index (χ2n) is 7.17. The van der Waals surface area contributed by atoms with Gasteiger partial charge >= 0.3 is 0 Å². The van der Waals surface area contributed by atoms with E-state index in [0.29, 0.717) is 25.1 Å². The molecule has 1 atom stereocenters. The Morgan fingerprint density at radius 1 is 1.15 bits per heavy atom. The van der Waals surface area contributed by atoms with Gasteiger partial charge in [-0.3, -0.25) is 9.59 Å². The Hall–Kier alpha value is -2.62. The van der Waals surface area contributed by atoms with E-state index in [1.165, 1.54) is 0 Å². The molecular formula is C22H26N2O2. The average Bonchev–Trinajstić information content (AvgIpc) is 2.64. The van der Waals surface area contributed by atoms with Crippen molar-refractivity contribution in [2.75, 3.05) is 6.54 Å². The fourth-order valence-electron chi connectivity index (χ4n) is 3.67. The molecule has 2 aromatic rings. The predicted octanol–water partition coefficient (Wildman–Crippen LogP) is 3.48. The third-order valence-corrected chi connectivity index (χ3v) is 5.26. The third-order valence-electron chi connectivity index (χ3n) is 5.26. The number of rotatable bonds is 5. The number of aryl methyl sites for hydroxylation is 1. The van der Waals surface area contributed by atoms with Gasteiger partial charge in [0, 0.05) is 25.1 Å². The summed E-state index contributed by atoms with van der Waals surface area (Å²) in [5.74, 6) is -0.153. The Bertz CT molecular complexity index is 830. The van der Waals surface area contributed by atoms with Crippen LogP contribution < -0.4 is 5.32 Å². The molecule has 0 radical (unpaired) electrons. The van der Waals surface area contributed by atoms with Crippen LogP contribution in [0.1, 0.15) is 47.3 Å². The monoisotopic (exact) mass is 350 g/mol. The number of carbonyl (C=O) groups excluding carboxylic acids is 2. The molecule has 136 valence electrons. The topological polar surface area (TPSA) is 49.4 Å². The lowest BCUT2D eigenvalue weighted by Crippen LogP contribution is -2.62. The van der Waals surface area contributed by atoms with Crippen LogP contribution in [0.3, 0.4) is 0 Å². The van der Waals surface area contributed by atoms with Crippen LogP contribution >= 0.6 is 0 Å². The van der Waals surface area contributed by atoms with Crippen molar-refractivity contribution in [1.29, 1.82) is 0 Å². The number of hydrogen-bond acceptors (Lipinski definition) is 2. The van der Waals surface area contributed by atoms with Gasteiger partial charge in [0.15, 0.2) is 0 Å². The molecule has 1 N–H and O–H groups in total. The van der Waals surface area contributed by atoms with Crippen LogP contribution in [0.5, 0.6) is 0 Å². The molecule has 0 aliphatic carbocycles. The Kier molecular flexibility index (Phi) is 5.12. The van der Waals surface area contributed by atoms with E-state index < -0.39 is 5.54 Å². The van der Waals surface area contributed by atoms with Gasteiger partial charge in [-0.2, -0.15) is 0 Å². The molecule has 0 saturated heterocycles. The maximum absolute atomic E-state index is 13.1. The van der Waals surface area contributed by atoms with Crippen LogP contribution in [0, 0.1) is 6.92 Å². The number of hydrogen-bond donors (Lipinski definition) is 1. The van der Waals surface area contributed by atoms with E-state index in [4.69, 9.17) is 0 Å². The van der Waals surface area contributed by atoms with Crippen molar-refractivity contribution in [3.05, 3.63) is 70.8 Å². The maximum Gasteiger partial charge on any atom is 0.255 e. The first-order chi connectivity index (χ1) is 12.5. The summed E-state index contributed by atoms with van der Waals surface area (Å²) >= 11 is 0. The first kappa shape index (κ1) is 18.2. The highest BCUT2D eigenvalue weighted by atomic mass is 16.2. The standard InChI is InChI=1S/C22H26N2O2/c1-4-13-24-20(25)19-12-8-7-10-17(19)14-22(24,3)21(26)23-15-18-11-6-5-9-16(18)2/h5-12H,4,13-15H2,1-3H3,(H,23,26)/t22-/m1/s1. The molecule has 3 rings (SSSR count). The molecule has 0 aromatic heterocycles. The molecule has 4 nitrogen and oxygen atoms in total. The maximum atomic E-state index is 13.1. The van der Waals surface area contributed by atoms with Crippen LogP contribution in [0.4, 0.5) is 0 Å². The third kappa shape index (κ3) is 3.24. The Balaban J connectivity index is 1.86. The first-order valence-electron chi connectivity index (χ1n) is 9.20. The highest BCUT2D eigenvalue weighted by molar-refractivity contribution is 6.02. The largest absolute Gasteiger partial charge is 0.350 e. The smallest absolute Gasteiger partial charge is 0.255 e. The lowest BCUT2D eigenvalue weighted by Gasteiger charge is -2.44. The van der Waals surface area contributed by atoms with E-state index in [0.717, 1.165) is 23.1 Å². The minimum atomic E-state index is -0.871. The summed E-state index contributed by atoms with van der Waals surface area (Å²) in [4.78, 5) is 27.9. The van der Waals surface area contributed by atoms with Crippen molar-refractivity contribution in [1.82, 2.24) is 10.2 Å². The Labute approximate surface area is 155 Å². The second-order valence-corrected chi connectivity index (χ2v) is 7.17. The van der Waals surface area contributed by atoms with E-state index in [1.54, 1.807) is 4.90 Å². The fraction of sp³-hybridized carbons (Fsp3) is 0.364.